The highest BCUT2D eigenvalue weighted by molar-refractivity contribution is 5.99. The van der Waals surface area contributed by atoms with Crippen molar-refractivity contribution in [1.82, 2.24) is 9.88 Å². The Bertz CT molecular complexity index is 778. The monoisotopic (exact) mass is 354 g/mol. The van der Waals surface area contributed by atoms with Gasteiger partial charge in [0.15, 0.2) is 0 Å². The Hall–Kier alpha value is -2.60. The molecule has 2 heterocycles. The third-order valence-electron chi connectivity index (χ3n) is 4.82. The van der Waals surface area contributed by atoms with Crippen LogP contribution in [-0.4, -0.2) is 56.1 Å². The number of hydrogen-bond donors (Lipinski definition) is 0. The maximum Gasteiger partial charge on any atom is 0.244 e. The summed E-state index contributed by atoms with van der Waals surface area (Å²) in [4.78, 5) is 23.5. The first-order valence-electron chi connectivity index (χ1n) is 8.82. The third-order valence-corrected chi connectivity index (χ3v) is 4.82. The van der Waals surface area contributed by atoms with Gasteiger partial charge < -0.3 is 14.5 Å². The zero-order chi connectivity index (χ0) is 18.7. The maximum atomic E-state index is 13.0. The van der Waals surface area contributed by atoms with Crippen LogP contribution in [-0.2, 0) is 11.3 Å². The van der Waals surface area contributed by atoms with Crippen LogP contribution in [0.3, 0.4) is 0 Å². The van der Waals surface area contributed by atoms with E-state index in [1.807, 2.05) is 61.2 Å². The molecule has 0 spiro atoms. The number of carbonyl (C=O) groups is 1. The average Bonchev–Trinajstić information content (AvgIpc) is 2.66. The molecule has 1 atom stereocenters. The van der Waals surface area contributed by atoms with E-state index in [2.05, 4.69) is 16.0 Å². The molecule has 1 saturated heterocycles. The lowest BCUT2D eigenvalue weighted by Gasteiger charge is -2.39. The number of anilines is 2. The van der Waals surface area contributed by atoms with Crippen LogP contribution in [0, 0.1) is 0 Å². The Morgan fingerprint density at radius 1 is 1.19 bits per heavy atom. The molecule has 26 heavy (non-hydrogen) atoms. The van der Waals surface area contributed by atoms with Gasteiger partial charge in [-0.3, -0.25) is 9.69 Å². The first-order valence-corrected chi connectivity index (χ1v) is 8.82. The normalized spacial score (nSPS) is 18.1. The van der Waals surface area contributed by atoms with Crippen molar-refractivity contribution in [1.29, 1.82) is 0 Å². The fraction of sp³-hybridized carbons (Fsp3) is 0.400. The molecule has 0 bridgehead atoms. The van der Waals surface area contributed by atoms with Gasteiger partial charge in [-0.1, -0.05) is 18.2 Å². The first-order chi connectivity index (χ1) is 12.5. The van der Waals surface area contributed by atoms with E-state index in [-0.39, 0.29) is 11.9 Å². The summed E-state index contributed by atoms with van der Waals surface area (Å²) in [6.07, 6.45) is 1.80. The molecule has 1 fully saturated rings. The van der Waals surface area contributed by atoms with Gasteiger partial charge in [0, 0.05) is 45.5 Å². The maximum absolute atomic E-state index is 13.0. The lowest BCUT2D eigenvalue weighted by Crippen LogP contribution is -2.55. The van der Waals surface area contributed by atoms with Crippen LogP contribution in [0.25, 0.3) is 0 Å². The number of piperazine rings is 1. The van der Waals surface area contributed by atoms with Gasteiger partial charge in [0.1, 0.15) is 11.6 Å². The van der Waals surface area contributed by atoms with Crippen molar-refractivity contribution in [3.8, 4) is 5.75 Å². The van der Waals surface area contributed by atoms with Crippen LogP contribution < -0.4 is 14.5 Å². The molecule has 1 aliphatic heterocycles. The summed E-state index contributed by atoms with van der Waals surface area (Å²) >= 11 is 0. The number of nitrogens with zero attached hydrogens (tertiary/aromatic N) is 4. The standard InChI is InChI=1S/C20H26N4O2/c1-15-20(25)24(17-9-5-6-10-18(17)26-4)13-12-23(15)14-16-8-7-11-21-19(16)22(2)3/h5-11,15H,12-14H2,1-4H3/t15-/m0/s1. The van der Waals surface area contributed by atoms with Crippen LogP contribution in [0.4, 0.5) is 11.5 Å². The van der Waals surface area contributed by atoms with Gasteiger partial charge in [-0.2, -0.15) is 0 Å². The van der Waals surface area contributed by atoms with E-state index in [4.69, 9.17) is 4.74 Å². The minimum atomic E-state index is -0.205. The Labute approximate surface area is 155 Å². The molecule has 1 aliphatic rings. The molecule has 1 aromatic carbocycles. The van der Waals surface area contributed by atoms with Gasteiger partial charge in [-0.05, 0) is 25.1 Å². The Balaban J connectivity index is 1.78. The van der Waals surface area contributed by atoms with Crippen LogP contribution in [0.1, 0.15) is 12.5 Å². The molecule has 0 aliphatic carbocycles. The average molecular weight is 354 g/mol. The van der Waals surface area contributed by atoms with Gasteiger partial charge in [0.05, 0.1) is 18.8 Å². The largest absolute Gasteiger partial charge is 0.495 e. The molecule has 1 amide bonds. The predicted molar refractivity (Wildman–Crippen MR) is 104 cm³/mol. The van der Waals surface area contributed by atoms with Crippen molar-refractivity contribution in [3.05, 3.63) is 48.2 Å². The molecule has 138 valence electrons. The second-order valence-electron chi connectivity index (χ2n) is 6.69. The van der Waals surface area contributed by atoms with Crippen LogP contribution in [0.15, 0.2) is 42.6 Å². The zero-order valence-corrected chi connectivity index (χ0v) is 15.8. The van der Waals surface area contributed by atoms with Crippen LogP contribution >= 0.6 is 0 Å². The van der Waals surface area contributed by atoms with Crippen LogP contribution in [0.2, 0.25) is 0 Å². The number of hydrogen-bond acceptors (Lipinski definition) is 5. The summed E-state index contributed by atoms with van der Waals surface area (Å²) in [7, 11) is 5.61. The number of pyridine rings is 1. The van der Waals surface area contributed by atoms with Crippen molar-refractivity contribution < 1.29 is 9.53 Å². The number of carbonyl (C=O) groups excluding carboxylic acids is 1. The molecular weight excluding hydrogens is 328 g/mol. The van der Waals surface area contributed by atoms with Crippen molar-refractivity contribution in [2.24, 2.45) is 0 Å². The molecule has 0 saturated carbocycles. The number of aromatic nitrogens is 1. The Morgan fingerprint density at radius 3 is 2.69 bits per heavy atom. The summed E-state index contributed by atoms with van der Waals surface area (Å²) in [6, 6.07) is 11.5. The highest BCUT2D eigenvalue weighted by Gasteiger charge is 2.33. The van der Waals surface area contributed by atoms with E-state index in [1.165, 1.54) is 0 Å². The van der Waals surface area contributed by atoms with Crippen molar-refractivity contribution in [2.45, 2.75) is 19.5 Å². The van der Waals surface area contributed by atoms with Gasteiger partial charge >= 0.3 is 0 Å². The van der Waals surface area contributed by atoms with E-state index in [0.717, 1.165) is 29.4 Å². The molecular formula is C20H26N4O2. The van der Waals surface area contributed by atoms with Crippen molar-refractivity contribution in [3.63, 3.8) is 0 Å². The van der Waals surface area contributed by atoms with E-state index in [9.17, 15) is 4.79 Å². The number of rotatable bonds is 5. The smallest absolute Gasteiger partial charge is 0.244 e. The molecule has 0 radical (unpaired) electrons. The van der Waals surface area contributed by atoms with E-state index in [1.54, 1.807) is 13.3 Å². The summed E-state index contributed by atoms with van der Waals surface area (Å²) in [5, 5.41) is 0. The number of ether oxygens (including phenoxy) is 1. The summed E-state index contributed by atoms with van der Waals surface area (Å²) in [5.41, 5.74) is 1.96. The fourth-order valence-electron chi connectivity index (χ4n) is 3.40. The molecule has 3 rings (SSSR count). The lowest BCUT2D eigenvalue weighted by atomic mass is 10.1. The molecule has 0 N–H and O–H groups in total. The highest BCUT2D eigenvalue weighted by atomic mass is 16.5. The number of para-hydroxylation sites is 2. The zero-order valence-electron chi connectivity index (χ0n) is 15.8. The molecule has 6 heteroatoms. The van der Waals surface area contributed by atoms with Crippen molar-refractivity contribution >= 4 is 17.4 Å². The topological polar surface area (TPSA) is 48.9 Å². The second-order valence-corrected chi connectivity index (χ2v) is 6.69. The fourth-order valence-corrected chi connectivity index (χ4v) is 3.40. The number of benzene rings is 1. The van der Waals surface area contributed by atoms with Gasteiger partial charge in [-0.25, -0.2) is 4.98 Å². The van der Waals surface area contributed by atoms with Crippen LogP contribution in [0.5, 0.6) is 5.75 Å². The molecule has 0 unspecified atom stereocenters. The summed E-state index contributed by atoms with van der Waals surface area (Å²) in [5.74, 6) is 1.76. The van der Waals surface area contributed by atoms with E-state index >= 15 is 0 Å². The highest BCUT2D eigenvalue weighted by Crippen LogP contribution is 2.30. The van der Waals surface area contributed by atoms with Gasteiger partial charge in [0.25, 0.3) is 0 Å². The van der Waals surface area contributed by atoms with E-state index in [0.29, 0.717) is 13.1 Å². The molecule has 2 aromatic rings. The SMILES string of the molecule is COc1ccccc1N1CCN(Cc2cccnc2N(C)C)[C@@H](C)C1=O. The molecule has 1 aromatic heterocycles. The van der Waals surface area contributed by atoms with E-state index < -0.39 is 0 Å². The van der Waals surface area contributed by atoms with Gasteiger partial charge in [-0.15, -0.1) is 0 Å². The lowest BCUT2D eigenvalue weighted by molar-refractivity contribution is -0.125. The van der Waals surface area contributed by atoms with Gasteiger partial charge in [0.2, 0.25) is 5.91 Å². The number of methoxy groups -OCH3 is 1. The summed E-state index contributed by atoms with van der Waals surface area (Å²) < 4.78 is 5.43. The number of amides is 1. The Morgan fingerprint density at radius 2 is 1.96 bits per heavy atom. The second kappa shape index (κ2) is 7.74. The Kier molecular flexibility index (Phi) is 5.42. The van der Waals surface area contributed by atoms with Crippen molar-refractivity contribution in [2.75, 3.05) is 44.1 Å². The summed E-state index contributed by atoms with van der Waals surface area (Å²) in [6.45, 7) is 4.11. The first kappa shape index (κ1) is 18.2. The quantitative estimate of drug-likeness (QED) is 0.825. The minimum Gasteiger partial charge on any atom is -0.495 e. The molecule has 6 nitrogen and oxygen atoms in total. The third kappa shape index (κ3) is 3.51. The minimum absolute atomic E-state index is 0.0936. The predicted octanol–water partition coefficient (Wildman–Crippen LogP) is 2.39.